The molecular formula is C16H25NO4. The van der Waals surface area contributed by atoms with E-state index in [1.807, 2.05) is 4.90 Å². The van der Waals surface area contributed by atoms with Gasteiger partial charge in [0, 0.05) is 20.2 Å². The number of ether oxygens (including phenoxy) is 1. The predicted molar refractivity (Wildman–Crippen MR) is 76.8 cm³/mol. The van der Waals surface area contributed by atoms with Gasteiger partial charge in [-0.15, -0.1) is 0 Å². The van der Waals surface area contributed by atoms with Gasteiger partial charge < -0.3 is 14.7 Å². The van der Waals surface area contributed by atoms with Crippen molar-refractivity contribution in [3.8, 4) is 0 Å². The Balaban J connectivity index is 1.61. The third-order valence-corrected chi connectivity index (χ3v) is 5.98. The number of hydrogen-bond acceptors (Lipinski definition) is 3. The zero-order valence-electron chi connectivity index (χ0n) is 12.8. The van der Waals surface area contributed by atoms with Gasteiger partial charge in [0.1, 0.15) is 5.60 Å². The number of amides is 1. The predicted octanol–water partition coefficient (Wildman–Crippen LogP) is 2.05. The molecule has 0 radical (unpaired) electrons. The summed E-state index contributed by atoms with van der Waals surface area (Å²) in [4.78, 5) is 25.8. The highest BCUT2D eigenvalue weighted by Gasteiger charge is 2.59. The Hall–Kier alpha value is -1.10. The molecule has 0 aromatic rings. The van der Waals surface area contributed by atoms with Gasteiger partial charge in [0.15, 0.2) is 0 Å². The summed E-state index contributed by atoms with van der Waals surface area (Å²) in [5.41, 5.74) is -0.631. The number of nitrogens with zero attached hydrogens (tertiary/aromatic N) is 1. The first-order valence-corrected chi connectivity index (χ1v) is 8.10. The quantitative estimate of drug-likeness (QED) is 0.865. The van der Waals surface area contributed by atoms with Crippen LogP contribution in [0.15, 0.2) is 0 Å². The molecule has 0 aromatic carbocycles. The van der Waals surface area contributed by atoms with Crippen molar-refractivity contribution in [2.45, 2.75) is 57.0 Å². The normalized spacial score (nSPS) is 30.1. The molecular weight excluding hydrogens is 270 g/mol. The fraction of sp³-hybridized carbons (Fsp3) is 0.875. The lowest BCUT2D eigenvalue weighted by molar-refractivity contribution is -0.161. The molecule has 3 fully saturated rings. The van der Waals surface area contributed by atoms with Crippen molar-refractivity contribution in [2.75, 3.05) is 20.2 Å². The number of likely N-dealkylation sites (tertiary alicyclic amines) is 1. The van der Waals surface area contributed by atoms with E-state index < -0.39 is 11.6 Å². The van der Waals surface area contributed by atoms with Gasteiger partial charge in [-0.3, -0.25) is 9.59 Å². The van der Waals surface area contributed by atoms with Gasteiger partial charge >= 0.3 is 5.97 Å². The van der Waals surface area contributed by atoms with Gasteiger partial charge in [-0.1, -0.05) is 19.3 Å². The van der Waals surface area contributed by atoms with Crippen LogP contribution >= 0.6 is 0 Å². The molecule has 1 saturated heterocycles. The number of aliphatic carboxylic acids is 1. The Morgan fingerprint density at radius 2 is 1.71 bits per heavy atom. The summed E-state index contributed by atoms with van der Waals surface area (Å²) < 4.78 is 5.64. The smallest absolute Gasteiger partial charge is 0.307 e. The summed E-state index contributed by atoms with van der Waals surface area (Å²) in [6.07, 6.45) is 7.38. The average Bonchev–Trinajstić information content (AvgIpc) is 3.22. The Kier molecular flexibility index (Phi) is 3.72. The fourth-order valence-electron chi connectivity index (χ4n) is 4.32. The topological polar surface area (TPSA) is 66.8 Å². The van der Waals surface area contributed by atoms with Crippen LogP contribution in [0, 0.1) is 11.3 Å². The van der Waals surface area contributed by atoms with Crippen LogP contribution in [-0.4, -0.2) is 47.7 Å². The Morgan fingerprint density at radius 3 is 2.19 bits per heavy atom. The second kappa shape index (κ2) is 5.27. The van der Waals surface area contributed by atoms with Crippen molar-refractivity contribution in [3.05, 3.63) is 0 Å². The average molecular weight is 295 g/mol. The van der Waals surface area contributed by atoms with Crippen molar-refractivity contribution in [3.63, 3.8) is 0 Å². The lowest BCUT2D eigenvalue weighted by Gasteiger charge is -2.41. The summed E-state index contributed by atoms with van der Waals surface area (Å²) in [5.74, 6) is -0.719. The molecule has 1 amide bonds. The van der Waals surface area contributed by atoms with Crippen LogP contribution in [0.2, 0.25) is 0 Å². The Labute approximate surface area is 125 Å². The van der Waals surface area contributed by atoms with Gasteiger partial charge in [0.25, 0.3) is 5.91 Å². The Morgan fingerprint density at radius 1 is 1.10 bits per heavy atom. The highest BCUT2D eigenvalue weighted by molar-refractivity contribution is 5.85. The van der Waals surface area contributed by atoms with E-state index in [2.05, 4.69) is 0 Å². The van der Waals surface area contributed by atoms with Crippen LogP contribution in [-0.2, 0) is 14.3 Å². The van der Waals surface area contributed by atoms with Gasteiger partial charge in [-0.05, 0) is 37.5 Å². The molecule has 1 atom stereocenters. The van der Waals surface area contributed by atoms with Crippen molar-refractivity contribution >= 4 is 11.9 Å². The van der Waals surface area contributed by atoms with Gasteiger partial charge in [-0.25, -0.2) is 0 Å². The first kappa shape index (κ1) is 14.8. The first-order chi connectivity index (χ1) is 10.0. The van der Waals surface area contributed by atoms with Gasteiger partial charge in [0.2, 0.25) is 0 Å². The molecule has 3 rings (SSSR count). The summed E-state index contributed by atoms with van der Waals surface area (Å²) in [6, 6.07) is 0. The summed E-state index contributed by atoms with van der Waals surface area (Å²) in [7, 11) is 1.65. The zero-order valence-corrected chi connectivity index (χ0v) is 12.8. The molecule has 2 aliphatic carbocycles. The monoisotopic (exact) mass is 295 g/mol. The lowest BCUT2D eigenvalue weighted by atomic mass is 9.82. The minimum Gasteiger partial charge on any atom is -0.481 e. The lowest BCUT2D eigenvalue weighted by Crippen LogP contribution is -2.53. The van der Waals surface area contributed by atoms with E-state index in [0.29, 0.717) is 13.1 Å². The molecule has 5 nitrogen and oxygen atoms in total. The van der Waals surface area contributed by atoms with Crippen molar-refractivity contribution in [1.82, 2.24) is 4.90 Å². The zero-order chi connectivity index (χ0) is 15.1. The van der Waals surface area contributed by atoms with Gasteiger partial charge in [-0.2, -0.15) is 0 Å². The van der Waals surface area contributed by atoms with E-state index in [4.69, 9.17) is 9.84 Å². The summed E-state index contributed by atoms with van der Waals surface area (Å²) in [5, 5.41) is 9.13. The number of rotatable bonds is 3. The Bertz CT molecular complexity index is 434. The third kappa shape index (κ3) is 2.45. The minimum absolute atomic E-state index is 0.0184. The largest absolute Gasteiger partial charge is 0.481 e. The highest BCUT2D eigenvalue weighted by atomic mass is 16.5. The van der Waals surface area contributed by atoms with Crippen LogP contribution in [0.3, 0.4) is 0 Å². The second-order valence-corrected chi connectivity index (χ2v) is 7.01. The van der Waals surface area contributed by atoms with E-state index in [1.165, 1.54) is 6.42 Å². The number of methoxy groups -OCH3 is 1. The van der Waals surface area contributed by atoms with Crippen molar-refractivity contribution < 1.29 is 19.4 Å². The van der Waals surface area contributed by atoms with Crippen LogP contribution in [0.25, 0.3) is 0 Å². The SMILES string of the molecule is COC1(C(=O)N2CCC3(CC2)CC3C(=O)O)CCCCC1. The van der Waals surface area contributed by atoms with Crippen molar-refractivity contribution in [2.24, 2.45) is 11.3 Å². The third-order valence-electron chi connectivity index (χ3n) is 5.98. The molecule has 0 bridgehead atoms. The maximum Gasteiger partial charge on any atom is 0.307 e. The summed E-state index contributed by atoms with van der Waals surface area (Å²) >= 11 is 0. The number of carboxylic acid groups (broad SMARTS) is 1. The molecule has 21 heavy (non-hydrogen) atoms. The number of carbonyl (C=O) groups is 2. The molecule has 2 saturated carbocycles. The van der Waals surface area contributed by atoms with Gasteiger partial charge in [0.05, 0.1) is 5.92 Å². The van der Waals surface area contributed by atoms with Crippen LogP contribution < -0.4 is 0 Å². The number of hydrogen-bond donors (Lipinski definition) is 1. The standard InChI is InChI=1S/C16H25NO4/c1-21-16(5-3-2-4-6-16)14(20)17-9-7-15(8-10-17)11-12(15)13(18)19/h12H,2-11H2,1H3,(H,18,19). The first-order valence-electron chi connectivity index (χ1n) is 8.10. The van der Waals surface area contributed by atoms with E-state index >= 15 is 0 Å². The van der Waals surface area contributed by atoms with Crippen molar-refractivity contribution in [1.29, 1.82) is 0 Å². The maximum atomic E-state index is 12.8. The van der Waals surface area contributed by atoms with Crippen LogP contribution in [0.1, 0.15) is 51.4 Å². The molecule has 1 N–H and O–H groups in total. The minimum atomic E-state index is -0.671. The molecule has 3 aliphatic rings. The summed E-state index contributed by atoms with van der Waals surface area (Å²) in [6.45, 7) is 1.38. The molecule has 1 heterocycles. The maximum absolute atomic E-state index is 12.8. The molecule has 5 heteroatoms. The van der Waals surface area contributed by atoms with E-state index in [9.17, 15) is 9.59 Å². The van der Waals surface area contributed by atoms with E-state index in [1.54, 1.807) is 7.11 Å². The molecule has 118 valence electrons. The second-order valence-electron chi connectivity index (χ2n) is 7.01. The van der Waals surface area contributed by atoms with E-state index in [0.717, 1.165) is 44.9 Å². The molecule has 1 aliphatic heterocycles. The van der Waals surface area contributed by atoms with E-state index in [-0.39, 0.29) is 17.2 Å². The molecule has 1 unspecified atom stereocenters. The van der Waals surface area contributed by atoms with Crippen LogP contribution in [0.5, 0.6) is 0 Å². The fourth-order valence-corrected chi connectivity index (χ4v) is 4.32. The number of carbonyl (C=O) groups excluding carboxylic acids is 1. The molecule has 0 aromatic heterocycles. The highest BCUT2D eigenvalue weighted by Crippen LogP contribution is 2.59. The van der Waals surface area contributed by atoms with Crippen LogP contribution in [0.4, 0.5) is 0 Å². The number of carboxylic acids is 1. The molecule has 1 spiro atoms. The number of piperidine rings is 1.